The predicted octanol–water partition coefficient (Wildman–Crippen LogP) is 2.07. The minimum Gasteiger partial charge on any atom is -0.341 e. The summed E-state index contributed by atoms with van der Waals surface area (Å²) >= 11 is 0. The van der Waals surface area contributed by atoms with Gasteiger partial charge in [0, 0.05) is 44.3 Å². The van der Waals surface area contributed by atoms with Gasteiger partial charge in [-0.25, -0.2) is 0 Å². The molecule has 1 amide bonds. The minimum atomic E-state index is 0.240. The first kappa shape index (κ1) is 13.8. The van der Waals surface area contributed by atoms with Crippen LogP contribution in [0.4, 0.5) is 0 Å². The van der Waals surface area contributed by atoms with Crippen LogP contribution >= 0.6 is 0 Å². The molecule has 0 bridgehead atoms. The van der Waals surface area contributed by atoms with E-state index in [2.05, 4.69) is 10.1 Å². The summed E-state index contributed by atoms with van der Waals surface area (Å²) < 4.78 is 1.97. The lowest BCUT2D eigenvalue weighted by atomic mass is 10.0. The van der Waals surface area contributed by atoms with Crippen LogP contribution in [0.3, 0.4) is 0 Å². The van der Waals surface area contributed by atoms with E-state index < -0.39 is 0 Å². The zero-order valence-corrected chi connectivity index (χ0v) is 12.1. The molecule has 0 aliphatic carbocycles. The zero-order valence-electron chi connectivity index (χ0n) is 12.1. The second-order valence-electron chi connectivity index (χ2n) is 5.48. The molecular weight excluding hydrogens is 264 g/mol. The molecule has 2 aromatic heterocycles. The fourth-order valence-electron chi connectivity index (χ4n) is 2.85. The van der Waals surface area contributed by atoms with Crippen molar-refractivity contribution in [3.05, 3.63) is 48.5 Å². The normalized spacial score (nSPS) is 18.7. The summed E-state index contributed by atoms with van der Waals surface area (Å²) in [7, 11) is 0. The first-order valence-corrected chi connectivity index (χ1v) is 7.49. The smallest absolute Gasteiger partial charge is 0.222 e. The first-order chi connectivity index (χ1) is 10.3. The van der Waals surface area contributed by atoms with Gasteiger partial charge in [0.25, 0.3) is 0 Å². The first-order valence-electron chi connectivity index (χ1n) is 7.49. The van der Waals surface area contributed by atoms with E-state index in [-0.39, 0.29) is 5.91 Å². The molecule has 0 N–H and O–H groups in total. The largest absolute Gasteiger partial charge is 0.341 e. The van der Waals surface area contributed by atoms with Gasteiger partial charge in [0.2, 0.25) is 5.91 Å². The fourth-order valence-corrected chi connectivity index (χ4v) is 2.85. The summed E-state index contributed by atoms with van der Waals surface area (Å²) in [5, 5.41) is 4.30. The molecule has 0 saturated carbocycles. The molecule has 3 rings (SSSR count). The van der Waals surface area contributed by atoms with Crippen molar-refractivity contribution in [2.24, 2.45) is 0 Å². The third-order valence-electron chi connectivity index (χ3n) is 4.03. The van der Waals surface area contributed by atoms with Crippen molar-refractivity contribution in [3.63, 3.8) is 0 Å². The molecule has 5 nitrogen and oxygen atoms in total. The molecule has 5 heteroatoms. The van der Waals surface area contributed by atoms with Crippen molar-refractivity contribution < 1.29 is 4.79 Å². The number of likely N-dealkylation sites (tertiary alicyclic amines) is 1. The van der Waals surface area contributed by atoms with Crippen LogP contribution in [0.25, 0.3) is 0 Å². The summed E-state index contributed by atoms with van der Waals surface area (Å²) in [6.07, 6.45) is 10.8. The molecule has 0 spiro atoms. The van der Waals surface area contributed by atoms with Crippen LogP contribution in [-0.2, 0) is 11.2 Å². The Hall–Kier alpha value is -2.17. The molecule has 3 heterocycles. The quantitative estimate of drug-likeness (QED) is 0.863. The standard InChI is InChI=1S/C16H20N4O/c21-16(5-4-14-6-9-17-10-7-14)19-11-1-3-15(13-19)20-12-2-8-18-20/h2,6-10,12,15H,1,3-5,11,13H2/t15-/m1/s1. The SMILES string of the molecule is O=C(CCc1ccncc1)N1CCC[C@@H](n2cccn2)C1. The molecule has 2 aromatic rings. The Morgan fingerprint density at radius 1 is 1.29 bits per heavy atom. The zero-order chi connectivity index (χ0) is 14.5. The Morgan fingerprint density at radius 2 is 2.14 bits per heavy atom. The van der Waals surface area contributed by atoms with E-state index in [4.69, 9.17) is 0 Å². The molecule has 0 unspecified atom stereocenters. The highest BCUT2D eigenvalue weighted by Crippen LogP contribution is 2.21. The maximum atomic E-state index is 12.4. The van der Waals surface area contributed by atoms with Gasteiger partial charge in [0.15, 0.2) is 0 Å². The third kappa shape index (κ3) is 3.48. The number of carbonyl (C=O) groups excluding carboxylic acids is 1. The number of aryl methyl sites for hydroxylation is 1. The van der Waals surface area contributed by atoms with Crippen molar-refractivity contribution in [2.45, 2.75) is 31.7 Å². The van der Waals surface area contributed by atoms with Gasteiger partial charge in [0.05, 0.1) is 6.04 Å². The van der Waals surface area contributed by atoms with Crippen molar-refractivity contribution >= 4 is 5.91 Å². The third-order valence-corrected chi connectivity index (χ3v) is 4.03. The Morgan fingerprint density at radius 3 is 2.90 bits per heavy atom. The van der Waals surface area contributed by atoms with Crippen molar-refractivity contribution in [2.75, 3.05) is 13.1 Å². The Bertz CT molecular complexity index is 567. The summed E-state index contributed by atoms with van der Waals surface area (Å²) in [5.74, 6) is 0.240. The monoisotopic (exact) mass is 284 g/mol. The van der Waals surface area contributed by atoms with Crippen molar-refractivity contribution in [1.82, 2.24) is 19.7 Å². The summed E-state index contributed by atoms with van der Waals surface area (Å²) in [4.78, 5) is 18.3. The highest BCUT2D eigenvalue weighted by atomic mass is 16.2. The van der Waals surface area contributed by atoms with E-state index >= 15 is 0 Å². The highest BCUT2D eigenvalue weighted by molar-refractivity contribution is 5.76. The number of pyridine rings is 1. The number of rotatable bonds is 4. The van der Waals surface area contributed by atoms with Gasteiger partial charge in [-0.15, -0.1) is 0 Å². The number of hydrogen-bond donors (Lipinski definition) is 0. The molecule has 1 aliphatic heterocycles. The van der Waals surface area contributed by atoms with Crippen LogP contribution in [0.5, 0.6) is 0 Å². The average Bonchev–Trinajstić information content (AvgIpc) is 3.08. The second-order valence-corrected chi connectivity index (χ2v) is 5.48. The van der Waals surface area contributed by atoms with Gasteiger partial charge in [-0.1, -0.05) is 0 Å². The van der Waals surface area contributed by atoms with Crippen LogP contribution in [-0.4, -0.2) is 38.7 Å². The number of nitrogens with zero attached hydrogens (tertiary/aromatic N) is 4. The maximum absolute atomic E-state index is 12.4. The van der Waals surface area contributed by atoms with Crippen LogP contribution in [0.2, 0.25) is 0 Å². The van der Waals surface area contributed by atoms with Gasteiger partial charge in [-0.3, -0.25) is 14.5 Å². The molecule has 1 fully saturated rings. The molecule has 1 atom stereocenters. The van der Waals surface area contributed by atoms with Gasteiger partial charge in [-0.05, 0) is 43.0 Å². The Kier molecular flexibility index (Phi) is 4.28. The van der Waals surface area contributed by atoms with Gasteiger partial charge >= 0.3 is 0 Å². The number of aromatic nitrogens is 3. The van der Waals surface area contributed by atoms with E-state index in [9.17, 15) is 4.79 Å². The molecule has 21 heavy (non-hydrogen) atoms. The highest BCUT2D eigenvalue weighted by Gasteiger charge is 2.24. The van der Waals surface area contributed by atoms with E-state index in [1.165, 1.54) is 5.56 Å². The van der Waals surface area contributed by atoms with Crippen LogP contribution in [0.15, 0.2) is 43.0 Å². The number of carbonyl (C=O) groups is 1. The lowest BCUT2D eigenvalue weighted by Crippen LogP contribution is -2.40. The lowest BCUT2D eigenvalue weighted by Gasteiger charge is -2.33. The fraction of sp³-hybridized carbons (Fsp3) is 0.438. The lowest BCUT2D eigenvalue weighted by molar-refractivity contribution is -0.132. The van der Waals surface area contributed by atoms with Crippen molar-refractivity contribution in [3.8, 4) is 0 Å². The molecule has 1 saturated heterocycles. The molecule has 110 valence electrons. The Labute approximate surface area is 124 Å². The molecule has 0 aromatic carbocycles. The van der Waals surface area contributed by atoms with E-state index in [1.54, 1.807) is 18.6 Å². The number of amides is 1. The van der Waals surface area contributed by atoms with Crippen LogP contribution in [0, 0.1) is 0 Å². The number of piperidine rings is 1. The number of hydrogen-bond acceptors (Lipinski definition) is 3. The Balaban J connectivity index is 1.55. The maximum Gasteiger partial charge on any atom is 0.222 e. The average molecular weight is 284 g/mol. The molecular formula is C16H20N4O. The van der Waals surface area contributed by atoms with Gasteiger partial charge in [-0.2, -0.15) is 5.10 Å². The predicted molar refractivity (Wildman–Crippen MR) is 79.6 cm³/mol. The van der Waals surface area contributed by atoms with Gasteiger partial charge < -0.3 is 4.90 Å². The van der Waals surface area contributed by atoms with Crippen LogP contribution in [0.1, 0.15) is 30.9 Å². The summed E-state index contributed by atoms with van der Waals surface area (Å²) in [6.45, 7) is 1.64. The summed E-state index contributed by atoms with van der Waals surface area (Å²) in [5.41, 5.74) is 1.17. The summed E-state index contributed by atoms with van der Waals surface area (Å²) in [6, 6.07) is 6.19. The van der Waals surface area contributed by atoms with Crippen LogP contribution < -0.4 is 0 Å². The minimum absolute atomic E-state index is 0.240. The molecule has 1 aliphatic rings. The van der Waals surface area contributed by atoms with E-state index in [0.29, 0.717) is 12.5 Å². The van der Waals surface area contributed by atoms with E-state index in [0.717, 1.165) is 32.4 Å². The van der Waals surface area contributed by atoms with Gasteiger partial charge in [0.1, 0.15) is 0 Å². The second kappa shape index (κ2) is 6.52. The van der Waals surface area contributed by atoms with Crippen molar-refractivity contribution in [1.29, 1.82) is 0 Å². The topological polar surface area (TPSA) is 51.0 Å². The molecule has 0 radical (unpaired) electrons. The van der Waals surface area contributed by atoms with E-state index in [1.807, 2.05) is 34.0 Å².